The van der Waals surface area contributed by atoms with Gasteiger partial charge in [-0.2, -0.15) is 0 Å². The standard InChI is InChI=1S/C16H21N5O3/c1-12(22)19-13-4-3-5-14(8-13)20-16(23)18-10-15-9-17-11-21(15)6-7-24-2/h3-5,8-9,11H,6-7,10H2,1-2H3,(H,19,22)(H2,18,20,23). The Labute approximate surface area is 140 Å². The zero-order chi connectivity index (χ0) is 17.4. The van der Waals surface area contributed by atoms with Gasteiger partial charge in [0.05, 0.1) is 25.2 Å². The first kappa shape index (κ1) is 17.5. The highest BCUT2D eigenvalue weighted by Gasteiger charge is 2.06. The number of anilines is 2. The van der Waals surface area contributed by atoms with E-state index in [4.69, 9.17) is 4.74 Å². The van der Waals surface area contributed by atoms with Crippen LogP contribution in [-0.4, -0.2) is 35.2 Å². The van der Waals surface area contributed by atoms with Crippen LogP contribution in [0.1, 0.15) is 12.6 Å². The molecule has 1 heterocycles. The third-order valence-corrected chi connectivity index (χ3v) is 3.21. The highest BCUT2D eigenvalue weighted by atomic mass is 16.5. The molecule has 0 aliphatic heterocycles. The Balaban J connectivity index is 1.87. The molecule has 128 valence electrons. The molecule has 2 aromatic rings. The molecule has 0 radical (unpaired) electrons. The Morgan fingerprint density at radius 1 is 1.25 bits per heavy atom. The van der Waals surface area contributed by atoms with Crippen LogP contribution >= 0.6 is 0 Å². The monoisotopic (exact) mass is 331 g/mol. The van der Waals surface area contributed by atoms with Crippen molar-refractivity contribution in [2.75, 3.05) is 24.4 Å². The van der Waals surface area contributed by atoms with E-state index in [2.05, 4.69) is 20.9 Å². The molecule has 0 aliphatic rings. The number of ether oxygens (including phenoxy) is 1. The molecule has 1 aromatic heterocycles. The first-order valence-electron chi connectivity index (χ1n) is 7.49. The van der Waals surface area contributed by atoms with E-state index >= 15 is 0 Å². The molecular weight excluding hydrogens is 310 g/mol. The average molecular weight is 331 g/mol. The van der Waals surface area contributed by atoms with Crippen molar-refractivity contribution in [3.05, 3.63) is 42.5 Å². The van der Waals surface area contributed by atoms with Crippen molar-refractivity contribution in [1.82, 2.24) is 14.9 Å². The molecule has 3 N–H and O–H groups in total. The minimum Gasteiger partial charge on any atom is -0.383 e. The summed E-state index contributed by atoms with van der Waals surface area (Å²) in [5, 5.41) is 8.16. The number of benzene rings is 1. The van der Waals surface area contributed by atoms with Crippen molar-refractivity contribution in [3.63, 3.8) is 0 Å². The van der Waals surface area contributed by atoms with Gasteiger partial charge in [-0.1, -0.05) is 6.07 Å². The minimum atomic E-state index is -0.338. The lowest BCUT2D eigenvalue weighted by molar-refractivity contribution is -0.114. The third kappa shape index (κ3) is 5.40. The number of nitrogens with zero attached hydrogens (tertiary/aromatic N) is 2. The molecule has 0 aliphatic carbocycles. The van der Waals surface area contributed by atoms with E-state index < -0.39 is 0 Å². The molecule has 0 fully saturated rings. The number of urea groups is 1. The number of methoxy groups -OCH3 is 1. The molecule has 0 saturated heterocycles. The van der Waals surface area contributed by atoms with Gasteiger partial charge < -0.3 is 25.3 Å². The average Bonchev–Trinajstić information content (AvgIpc) is 2.98. The fourth-order valence-corrected chi connectivity index (χ4v) is 2.11. The number of imidazole rings is 1. The summed E-state index contributed by atoms with van der Waals surface area (Å²) in [5.41, 5.74) is 2.10. The molecule has 1 aromatic carbocycles. The van der Waals surface area contributed by atoms with E-state index in [9.17, 15) is 9.59 Å². The molecule has 0 spiro atoms. The van der Waals surface area contributed by atoms with E-state index in [1.54, 1.807) is 43.9 Å². The van der Waals surface area contributed by atoms with Gasteiger partial charge in [0.25, 0.3) is 0 Å². The first-order chi connectivity index (χ1) is 11.6. The maximum absolute atomic E-state index is 12.0. The van der Waals surface area contributed by atoms with Crippen LogP contribution in [0.15, 0.2) is 36.8 Å². The van der Waals surface area contributed by atoms with Gasteiger partial charge in [-0.05, 0) is 18.2 Å². The SMILES string of the molecule is COCCn1cncc1CNC(=O)Nc1cccc(NC(C)=O)c1. The van der Waals surface area contributed by atoms with Gasteiger partial charge in [-0.25, -0.2) is 9.78 Å². The number of rotatable bonds is 7. The molecule has 2 rings (SSSR count). The molecule has 24 heavy (non-hydrogen) atoms. The van der Waals surface area contributed by atoms with E-state index in [1.165, 1.54) is 6.92 Å². The fraction of sp³-hybridized carbons (Fsp3) is 0.312. The first-order valence-corrected chi connectivity index (χ1v) is 7.49. The second kappa shape index (κ2) is 8.68. The summed E-state index contributed by atoms with van der Waals surface area (Å²) in [7, 11) is 1.64. The van der Waals surface area contributed by atoms with Crippen LogP contribution in [-0.2, 0) is 22.6 Å². The Hall–Kier alpha value is -2.87. The zero-order valence-corrected chi connectivity index (χ0v) is 13.7. The van der Waals surface area contributed by atoms with Crippen molar-refractivity contribution >= 4 is 23.3 Å². The summed E-state index contributed by atoms with van der Waals surface area (Å²) in [5.74, 6) is -0.166. The highest BCUT2D eigenvalue weighted by molar-refractivity contribution is 5.92. The Morgan fingerprint density at radius 3 is 2.71 bits per heavy atom. The normalized spacial score (nSPS) is 10.2. The number of carbonyl (C=O) groups excluding carboxylic acids is 2. The molecule has 0 unspecified atom stereocenters. The van der Waals surface area contributed by atoms with Crippen LogP contribution in [0.25, 0.3) is 0 Å². The van der Waals surface area contributed by atoms with Crippen LogP contribution in [0, 0.1) is 0 Å². The van der Waals surface area contributed by atoms with Gasteiger partial charge >= 0.3 is 6.03 Å². The van der Waals surface area contributed by atoms with E-state index in [-0.39, 0.29) is 11.9 Å². The molecule has 8 nitrogen and oxygen atoms in total. The second-order valence-corrected chi connectivity index (χ2v) is 5.14. The van der Waals surface area contributed by atoms with Crippen LogP contribution in [0.5, 0.6) is 0 Å². The van der Waals surface area contributed by atoms with Crippen LogP contribution in [0.4, 0.5) is 16.2 Å². The number of amides is 3. The number of hydrogen-bond acceptors (Lipinski definition) is 4. The van der Waals surface area contributed by atoms with Crippen LogP contribution in [0.3, 0.4) is 0 Å². The van der Waals surface area contributed by atoms with E-state index in [1.807, 2.05) is 4.57 Å². The summed E-state index contributed by atoms with van der Waals surface area (Å²) in [6.07, 6.45) is 3.40. The predicted octanol–water partition coefficient (Wildman–Crippen LogP) is 1.81. The molecule has 3 amide bonds. The minimum absolute atomic E-state index is 0.166. The van der Waals surface area contributed by atoms with E-state index in [0.29, 0.717) is 31.1 Å². The van der Waals surface area contributed by atoms with Crippen molar-refractivity contribution in [3.8, 4) is 0 Å². The number of hydrogen-bond donors (Lipinski definition) is 3. The quantitative estimate of drug-likeness (QED) is 0.721. The van der Waals surface area contributed by atoms with Gasteiger partial charge in [0, 0.05) is 38.1 Å². The van der Waals surface area contributed by atoms with Crippen molar-refractivity contribution in [2.45, 2.75) is 20.0 Å². The second-order valence-electron chi connectivity index (χ2n) is 5.14. The van der Waals surface area contributed by atoms with Gasteiger partial charge in [0.1, 0.15) is 0 Å². The lowest BCUT2D eigenvalue weighted by Gasteiger charge is -2.11. The highest BCUT2D eigenvalue weighted by Crippen LogP contribution is 2.14. The molecule has 0 atom stereocenters. The predicted molar refractivity (Wildman–Crippen MR) is 90.7 cm³/mol. The van der Waals surface area contributed by atoms with Crippen molar-refractivity contribution < 1.29 is 14.3 Å². The fourth-order valence-electron chi connectivity index (χ4n) is 2.11. The van der Waals surface area contributed by atoms with Crippen molar-refractivity contribution in [2.24, 2.45) is 0 Å². The Bertz CT molecular complexity index is 699. The van der Waals surface area contributed by atoms with Gasteiger partial charge in [-0.3, -0.25) is 4.79 Å². The van der Waals surface area contributed by atoms with Gasteiger partial charge in [0.15, 0.2) is 0 Å². The third-order valence-electron chi connectivity index (χ3n) is 3.21. The van der Waals surface area contributed by atoms with Gasteiger partial charge in [0.2, 0.25) is 5.91 Å². The zero-order valence-electron chi connectivity index (χ0n) is 13.7. The number of nitrogens with one attached hydrogen (secondary N) is 3. The molecular formula is C16H21N5O3. The maximum atomic E-state index is 12.0. The Kier molecular flexibility index (Phi) is 6.32. The summed E-state index contributed by atoms with van der Waals surface area (Å²) >= 11 is 0. The largest absolute Gasteiger partial charge is 0.383 e. The summed E-state index contributed by atoms with van der Waals surface area (Å²) in [6, 6.07) is 6.59. The van der Waals surface area contributed by atoms with E-state index in [0.717, 1.165) is 5.69 Å². The lowest BCUT2D eigenvalue weighted by Crippen LogP contribution is -2.29. The molecule has 8 heteroatoms. The smallest absolute Gasteiger partial charge is 0.319 e. The number of carbonyl (C=O) groups is 2. The lowest BCUT2D eigenvalue weighted by atomic mass is 10.2. The Morgan fingerprint density at radius 2 is 2.00 bits per heavy atom. The summed E-state index contributed by atoms with van der Waals surface area (Å²) in [4.78, 5) is 27.1. The molecule has 0 bridgehead atoms. The van der Waals surface area contributed by atoms with Crippen LogP contribution < -0.4 is 16.0 Å². The summed E-state index contributed by atoms with van der Waals surface area (Å²) < 4.78 is 6.95. The summed E-state index contributed by atoms with van der Waals surface area (Å²) in [6.45, 7) is 3.03. The number of aromatic nitrogens is 2. The van der Waals surface area contributed by atoms with Crippen molar-refractivity contribution in [1.29, 1.82) is 0 Å². The topological polar surface area (TPSA) is 97.3 Å². The maximum Gasteiger partial charge on any atom is 0.319 e. The van der Waals surface area contributed by atoms with Crippen LogP contribution in [0.2, 0.25) is 0 Å². The molecule has 0 saturated carbocycles. The van der Waals surface area contributed by atoms with Gasteiger partial charge in [-0.15, -0.1) is 0 Å².